The Hall–Kier alpha value is -4.99. The summed E-state index contributed by atoms with van der Waals surface area (Å²) < 4.78 is 2.31. The largest absolute Gasteiger partial charge is 2.00 e. The van der Waals surface area contributed by atoms with Crippen LogP contribution in [0.1, 0.15) is 30.9 Å². The number of para-hydroxylation sites is 2. The van der Waals surface area contributed by atoms with Gasteiger partial charge in [-0.1, -0.05) is 97.8 Å². The molecule has 0 saturated carbocycles. The second-order valence-corrected chi connectivity index (χ2v) is 12.0. The van der Waals surface area contributed by atoms with Crippen LogP contribution in [0.15, 0.2) is 152 Å². The minimum absolute atomic E-state index is 0. The van der Waals surface area contributed by atoms with Crippen LogP contribution in [0.25, 0.3) is 16.9 Å². The molecule has 48 heavy (non-hydrogen) atoms. The van der Waals surface area contributed by atoms with Crippen molar-refractivity contribution in [2.75, 3.05) is 4.90 Å². The smallest absolute Gasteiger partial charge is 0.320 e. The van der Waals surface area contributed by atoms with Crippen molar-refractivity contribution >= 4 is 40.6 Å². The minimum atomic E-state index is -0.213. The summed E-state index contributed by atoms with van der Waals surface area (Å²) in [7, 11) is 0. The first-order valence-corrected chi connectivity index (χ1v) is 16.1. The summed E-state index contributed by atoms with van der Waals surface area (Å²) in [5, 5.41) is 0. The zero-order valence-electron chi connectivity index (χ0n) is 27.2. The molecule has 0 saturated heterocycles. The maximum atomic E-state index is 5.43. The van der Waals surface area contributed by atoms with Gasteiger partial charge in [-0.2, -0.15) is 23.7 Å². The van der Waals surface area contributed by atoms with Crippen molar-refractivity contribution in [3.63, 3.8) is 0 Å². The van der Waals surface area contributed by atoms with Crippen LogP contribution in [0.5, 0.6) is 0 Å². The van der Waals surface area contributed by atoms with E-state index in [4.69, 9.17) is 9.97 Å². The van der Waals surface area contributed by atoms with Gasteiger partial charge in [0.05, 0.1) is 11.4 Å². The Labute approximate surface area is 298 Å². The summed E-state index contributed by atoms with van der Waals surface area (Å²) in [6.07, 6.45) is 4.01. The fourth-order valence-corrected chi connectivity index (χ4v) is 6.28. The third-order valence-electron chi connectivity index (χ3n) is 8.49. The summed E-state index contributed by atoms with van der Waals surface area (Å²) in [6, 6.07) is 55.2. The zero-order valence-corrected chi connectivity index (χ0v) is 29.5. The maximum Gasteiger partial charge on any atom is 2.00 e. The summed E-state index contributed by atoms with van der Waals surface area (Å²) >= 11 is 0. The molecule has 7 rings (SSSR count). The Balaban J connectivity index is 0.00000401. The first-order valence-electron chi connectivity index (χ1n) is 16.1. The quantitative estimate of drug-likeness (QED) is 0.110. The van der Waals surface area contributed by atoms with Crippen LogP contribution >= 0.6 is 0 Å². The van der Waals surface area contributed by atoms with E-state index in [1.165, 1.54) is 16.8 Å². The molecule has 7 aromatic rings. The molecule has 0 unspecified atom stereocenters. The average Bonchev–Trinajstić information content (AvgIpc) is 3.55. The number of nitrogens with zero attached hydrogens (tertiary/aromatic N) is 4. The van der Waals surface area contributed by atoms with E-state index < -0.39 is 0 Å². The van der Waals surface area contributed by atoms with Crippen LogP contribution in [0.3, 0.4) is 0 Å². The van der Waals surface area contributed by atoms with Crippen LogP contribution in [0, 0.1) is 19.1 Å². The molecule has 2 aromatic heterocycles. The van der Waals surface area contributed by atoms with Gasteiger partial charge in [-0.25, -0.2) is 4.98 Å². The minimum Gasteiger partial charge on any atom is -0.320 e. The third-order valence-corrected chi connectivity index (χ3v) is 8.49. The molecule has 0 N–H and O–H groups in total. The molecular weight excluding hydrogens is 766 g/mol. The Morgan fingerprint density at radius 2 is 1.48 bits per heavy atom. The number of anilines is 3. The van der Waals surface area contributed by atoms with Crippen molar-refractivity contribution in [2.45, 2.75) is 26.7 Å². The van der Waals surface area contributed by atoms with Gasteiger partial charge >= 0.3 is 21.1 Å². The molecule has 0 radical (unpaired) electrons. The summed E-state index contributed by atoms with van der Waals surface area (Å²) in [5.74, 6) is 1.16. The van der Waals surface area contributed by atoms with E-state index in [9.17, 15) is 0 Å². The van der Waals surface area contributed by atoms with Gasteiger partial charge in [-0.15, -0.1) is 42.0 Å². The molecule has 2 heterocycles. The number of hydrogen-bond donors (Lipinski definition) is 0. The topological polar surface area (TPSA) is 34.0 Å². The second-order valence-electron chi connectivity index (χ2n) is 12.0. The first-order chi connectivity index (χ1) is 23.1. The summed E-state index contributed by atoms with van der Waals surface area (Å²) in [4.78, 5) is 12.3. The normalized spacial score (nSPS) is 10.8. The molecular formula is C42H35BN4Pt. The van der Waals surface area contributed by atoms with Crippen molar-refractivity contribution in [3.8, 4) is 16.9 Å². The van der Waals surface area contributed by atoms with E-state index in [0.29, 0.717) is 5.92 Å². The fraction of sp³-hybridized carbons (Fsp3) is 0.0952. The third kappa shape index (κ3) is 6.70. The van der Waals surface area contributed by atoms with Gasteiger partial charge in [0, 0.05) is 17.6 Å². The van der Waals surface area contributed by atoms with Crippen molar-refractivity contribution < 1.29 is 21.1 Å². The number of aromatic nitrogens is 3. The Morgan fingerprint density at radius 1 is 0.750 bits per heavy atom. The molecule has 6 heteroatoms. The van der Waals surface area contributed by atoms with Crippen LogP contribution in [0.2, 0.25) is 0 Å². The van der Waals surface area contributed by atoms with E-state index in [1.807, 2.05) is 48.7 Å². The predicted octanol–water partition coefficient (Wildman–Crippen LogP) is 7.95. The first kappa shape index (κ1) is 32.9. The standard InChI is InChI=1S/C42H35BN4.Pt/c1-31(2)38-26-15-17-32(3)41(38)46-30-39(33-18-7-4-8-19-33)45-42(46)43(34-20-9-5-10-21-34)35-22-16-25-37(29-35)47(36-23-11-6-12-24-36)40-27-13-14-28-44-40;/h4-18,20-28,30-31H,1-3H3;/q-2;+2. The van der Waals surface area contributed by atoms with Gasteiger partial charge in [0.2, 0.25) is 0 Å². The molecule has 4 nitrogen and oxygen atoms in total. The molecule has 5 aromatic carbocycles. The Morgan fingerprint density at radius 3 is 2.19 bits per heavy atom. The van der Waals surface area contributed by atoms with Crippen molar-refractivity contribution in [1.29, 1.82) is 0 Å². The number of aryl methyl sites for hydroxylation is 1. The summed E-state index contributed by atoms with van der Waals surface area (Å²) in [6.45, 7) is 6.48. The van der Waals surface area contributed by atoms with E-state index >= 15 is 0 Å². The molecule has 0 fully saturated rings. The fourth-order valence-electron chi connectivity index (χ4n) is 6.28. The van der Waals surface area contributed by atoms with Gasteiger partial charge in [-0.3, -0.25) is 4.98 Å². The van der Waals surface area contributed by atoms with Gasteiger partial charge in [0.15, 0.2) is 0 Å². The maximum absolute atomic E-state index is 5.43. The van der Waals surface area contributed by atoms with Crippen LogP contribution in [-0.2, 0) is 21.1 Å². The van der Waals surface area contributed by atoms with Gasteiger partial charge < -0.3 is 9.47 Å². The summed E-state index contributed by atoms with van der Waals surface area (Å²) in [5.41, 5.74) is 10.5. The molecule has 0 aliphatic carbocycles. The number of hydrogen-bond acceptors (Lipinski definition) is 3. The Bertz CT molecular complexity index is 2040. The predicted molar refractivity (Wildman–Crippen MR) is 196 cm³/mol. The zero-order chi connectivity index (χ0) is 32.2. The monoisotopic (exact) mass is 801 g/mol. The van der Waals surface area contributed by atoms with Crippen molar-refractivity contribution in [1.82, 2.24) is 14.5 Å². The van der Waals surface area contributed by atoms with Crippen molar-refractivity contribution in [3.05, 3.63) is 175 Å². The van der Waals surface area contributed by atoms with Gasteiger partial charge in [-0.05, 0) is 54.4 Å². The number of pyridine rings is 1. The number of benzene rings is 5. The van der Waals surface area contributed by atoms with Crippen molar-refractivity contribution in [2.24, 2.45) is 0 Å². The molecule has 0 bridgehead atoms. The molecule has 0 atom stereocenters. The molecule has 0 spiro atoms. The number of rotatable bonds is 9. The Kier molecular flexibility index (Phi) is 10.2. The number of imidazole rings is 1. The van der Waals surface area contributed by atoms with E-state index in [2.05, 4.69) is 146 Å². The van der Waals surface area contributed by atoms with Gasteiger partial charge in [0.1, 0.15) is 5.82 Å². The molecule has 0 aliphatic rings. The van der Waals surface area contributed by atoms with E-state index in [1.54, 1.807) is 0 Å². The molecule has 0 amide bonds. The van der Waals surface area contributed by atoms with Crippen LogP contribution in [0.4, 0.5) is 17.2 Å². The average molecular weight is 802 g/mol. The second kappa shape index (κ2) is 14.8. The van der Waals surface area contributed by atoms with Gasteiger partial charge in [0.25, 0.3) is 6.71 Å². The van der Waals surface area contributed by atoms with Crippen LogP contribution in [-0.4, -0.2) is 21.2 Å². The van der Waals surface area contributed by atoms with Crippen LogP contribution < -0.4 is 21.5 Å². The van der Waals surface area contributed by atoms with E-state index in [0.717, 1.165) is 45.1 Å². The molecule has 236 valence electrons. The molecule has 0 aliphatic heterocycles. The SMILES string of the molecule is Cc1cccc(C(C)C)c1-n1cc(-c2[c-]cccc2)nc1B(c1[c-]c(N(c2ccccc2)c2ccccn2)ccc1)c1ccccc1.[Pt+2]. The van der Waals surface area contributed by atoms with E-state index in [-0.39, 0.29) is 27.8 Å².